The van der Waals surface area contributed by atoms with Crippen molar-refractivity contribution in [3.63, 3.8) is 0 Å². The number of hydrogen-bond donors (Lipinski definition) is 2. The first-order valence-electron chi connectivity index (χ1n) is 8.73. The van der Waals surface area contributed by atoms with Gasteiger partial charge < -0.3 is 10.1 Å². The number of benzene rings is 1. The van der Waals surface area contributed by atoms with Gasteiger partial charge in [-0.2, -0.15) is 0 Å². The highest BCUT2D eigenvalue weighted by molar-refractivity contribution is 6.30. The molecule has 0 radical (unpaired) electrons. The number of rotatable bonds is 10. The standard InChI is InChI=1S/C19H26ClN3O3/c1-19(2,21-11-8-15-4-6-16(20)7-5-15)10-3-13-26-14-23-12-9-17(24)22-18(23)25/h4-7,9,12,21H,3,8,10-11,13-14H2,1-2H3,(H,22,24,25). The van der Waals surface area contributed by atoms with Crippen molar-refractivity contribution in [2.24, 2.45) is 0 Å². The maximum absolute atomic E-state index is 11.5. The second kappa shape index (κ2) is 9.71. The minimum absolute atomic E-state index is 0.00457. The van der Waals surface area contributed by atoms with Crippen LogP contribution in [-0.2, 0) is 17.9 Å². The van der Waals surface area contributed by atoms with Crippen LogP contribution in [0.1, 0.15) is 32.3 Å². The first-order valence-corrected chi connectivity index (χ1v) is 9.10. The summed E-state index contributed by atoms with van der Waals surface area (Å²) in [6.45, 7) is 5.92. The Hall–Kier alpha value is -1.89. The summed E-state index contributed by atoms with van der Waals surface area (Å²) in [7, 11) is 0. The fraction of sp³-hybridized carbons (Fsp3) is 0.474. The van der Waals surface area contributed by atoms with Gasteiger partial charge in [-0.3, -0.25) is 14.3 Å². The van der Waals surface area contributed by atoms with E-state index < -0.39 is 11.2 Å². The lowest BCUT2D eigenvalue weighted by atomic mass is 9.98. The van der Waals surface area contributed by atoms with Crippen LogP contribution in [0.3, 0.4) is 0 Å². The largest absolute Gasteiger partial charge is 0.361 e. The lowest BCUT2D eigenvalue weighted by Crippen LogP contribution is -2.40. The second-order valence-electron chi connectivity index (χ2n) is 6.91. The molecule has 0 unspecified atom stereocenters. The van der Waals surface area contributed by atoms with Gasteiger partial charge in [0.15, 0.2) is 0 Å². The molecule has 0 saturated heterocycles. The van der Waals surface area contributed by atoms with Crippen LogP contribution >= 0.6 is 11.6 Å². The minimum atomic E-state index is -0.457. The number of nitrogens with one attached hydrogen (secondary N) is 2. The van der Waals surface area contributed by atoms with Crippen molar-refractivity contribution in [2.45, 2.75) is 45.4 Å². The highest BCUT2D eigenvalue weighted by Crippen LogP contribution is 2.13. The lowest BCUT2D eigenvalue weighted by molar-refractivity contribution is 0.0673. The van der Waals surface area contributed by atoms with Gasteiger partial charge in [-0.05, 0) is 57.4 Å². The van der Waals surface area contributed by atoms with E-state index >= 15 is 0 Å². The summed E-state index contributed by atoms with van der Waals surface area (Å²) in [6, 6.07) is 9.21. The number of aromatic nitrogens is 2. The zero-order valence-corrected chi connectivity index (χ0v) is 16.0. The molecule has 2 rings (SSSR count). The molecule has 6 nitrogen and oxygen atoms in total. The molecular formula is C19H26ClN3O3. The van der Waals surface area contributed by atoms with Crippen molar-refractivity contribution in [3.05, 3.63) is 68.0 Å². The van der Waals surface area contributed by atoms with E-state index in [0.717, 1.165) is 30.8 Å². The normalized spacial score (nSPS) is 11.7. The third kappa shape index (κ3) is 7.15. The summed E-state index contributed by atoms with van der Waals surface area (Å²) in [5.74, 6) is 0. The van der Waals surface area contributed by atoms with Gasteiger partial charge in [-0.25, -0.2) is 4.79 Å². The number of H-pyrrole nitrogens is 1. The van der Waals surface area contributed by atoms with E-state index in [9.17, 15) is 9.59 Å². The van der Waals surface area contributed by atoms with Crippen LogP contribution in [0.5, 0.6) is 0 Å². The van der Waals surface area contributed by atoms with Crippen LogP contribution in [0.2, 0.25) is 5.02 Å². The summed E-state index contributed by atoms with van der Waals surface area (Å²) in [6.07, 6.45) is 4.21. The maximum Gasteiger partial charge on any atom is 0.330 e. The van der Waals surface area contributed by atoms with Crippen LogP contribution in [0.25, 0.3) is 0 Å². The molecular weight excluding hydrogens is 354 g/mol. The summed E-state index contributed by atoms with van der Waals surface area (Å²) in [4.78, 5) is 24.7. The molecule has 26 heavy (non-hydrogen) atoms. The quantitative estimate of drug-likeness (QED) is 0.622. The molecule has 0 aliphatic heterocycles. The Morgan fingerprint density at radius 1 is 1.19 bits per heavy atom. The molecule has 0 amide bonds. The zero-order valence-electron chi connectivity index (χ0n) is 15.3. The summed E-state index contributed by atoms with van der Waals surface area (Å²) < 4.78 is 6.85. The second-order valence-corrected chi connectivity index (χ2v) is 7.34. The third-order valence-electron chi connectivity index (χ3n) is 4.15. The van der Waals surface area contributed by atoms with E-state index in [1.54, 1.807) is 0 Å². The zero-order chi connectivity index (χ0) is 19.0. The number of ether oxygens (including phenoxy) is 1. The molecule has 0 fully saturated rings. The van der Waals surface area contributed by atoms with Crippen LogP contribution in [-0.4, -0.2) is 28.2 Å². The van der Waals surface area contributed by atoms with E-state index in [1.807, 2.05) is 24.3 Å². The summed E-state index contributed by atoms with van der Waals surface area (Å²) in [5.41, 5.74) is 0.400. The fourth-order valence-corrected chi connectivity index (χ4v) is 2.74. The van der Waals surface area contributed by atoms with Crippen LogP contribution in [0, 0.1) is 0 Å². The Kier molecular flexibility index (Phi) is 7.63. The Morgan fingerprint density at radius 2 is 1.92 bits per heavy atom. The SMILES string of the molecule is CC(C)(CCCOCn1ccc(=O)[nH]c1=O)NCCc1ccc(Cl)cc1. The Morgan fingerprint density at radius 3 is 2.62 bits per heavy atom. The van der Waals surface area contributed by atoms with Gasteiger partial charge >= 0.3 is 5.69 Å². The van der Waals surface area contributed by atoms with Crippen molar-refractivity contribution < 1.29 is 4.74 Å². The Labute approximate surface area is 158 Å². The molecule has 7 heteroatoms. The smallest absolute Gasteiger partial charge is 0.330 e. The predicted molar refractivity (Wildman–Crippen MR) is 104 cm³/mol. The van der Waals surface area contributed by atoms with Crippen molar-refractivity contribution in [1.82, 2.24) is 14.9 Å². The van der Waals surface area contributed by atoms with Gasteiger partial charge in [-0.1, -0.05) is 23.7 Å². The minimum Gasteiger partial charge on any atom is -0.361 e. The molecule has 1 aromatic carbocycles. The molecule has 0 spiro atoms. The van der Waals surface area contributed by atoms with Gasteiger partial charge in [0.25, 0.3) is 5.56 Å². The highest BCUT2D eigenvalue weighted by Gasteiger charge is 2.15. The molecule has 0 saturated carbocycles. The number of aromatic amines is 1. The molecule has 0 bridgehead atoms. The van der Waals surface area contributed by atoms with Crippen molar-refractivity contribution in [3.8, 4) is 0 Å². The molecule has 1 aromatic heterocycles. The topological polar surface area (TPSA) is 76.1 Å². The number of nitrogens with zero attached hydrogens (tertiary/aromatic N) is 1. The van der Waals surface area contributed by atoms with E-state index in [1.165, 1.54) is 22.4 Å². The number of halogens is 1. The van der Waals surface area contributed by atoms with Crippen molar-refractivity contribution in [1.29, 1.82) is 0 Å². The van der Waals surface area contributed by atoms with Gasteiger partial charge in [0.1, 0.15) is 6.73 Å². The first kappa shape index (κ1) is 20.4. The van der Waals surface area contributed by atoms with E-state index in [2.05, 4.69) is 24.1 Å². The summed E-state index contributed by atoms with van der Waals surface area (Å²) >= 11 is 5.89. The molecule has 2 N–H and O–H groups in total. The lowest BCUT2D eigenvalue weighted by Gasteiger charge is -2.26. The molecule has 142 valence electrons. The number of hydrogen-bond acceptors (Lipinski definition) is 4. The van der Waals surface area contributed by atoms with Gasteiger partial charge in [-0.15, -0.1) is 0 Å². The van der Waals surface area contributed by atoms with E-state index in [-0.39, 0.29) is 12.3 Å². The first-order chi connectivity index (χ1) is 12.4. The van der Waals surface area contributed by atoms with Crippen LogP contribution in [0.4, 0.5) is 0 Å². The summed E-state index contributed by atoms with van der Waals surface area (Å²) in [5, 5.41) is 4.32. The highest BCUT2D eigenvalue weighted by atomic mass is 35.5. The van der Waals surface area contributed by atoms with Crippen molar-refractivity contribution in [2.75, 3.05) is 13.2 Å². The van der Waals surface area contributed by atoms with E-state index in [0.29, 0.717) is 6.61 Å². The van der Waals surface area contributed by atoms with Gasteiger partial charge in [0, 0.05) is 29.4 Å². The monoisotopic (exact) mass is 379 g/mol. The third-order valence-corrected chi connectivity index (χ3v) is 4.40. The average Bonchev–Trinajstić information content (AvgIpc) is 2.58. The molecule has 1 heterocycles. The Bertz CT molecular complexity index is 797. The van der Waals surface area contributed by atoms with Crippen LogP contribution in [0.15, 0.2) is 46.1 Å². The molecule has 0 aliphatic carbocycles. The van der Waals surface area contributed by atoms with Gasteiger partial charge in [0.05, 0.1) is 0 Å². The molecule has 2 aromatic rings. The van der Waals surface area contributed by atoms with Crippen LogP contribution < -0.4 is 16.6 Å². The predicted octanol–water partition coefficient (Wildman–Crippen LogP) is 2.56. The fourth-order valence-electron chi connectivity index (χ4n) is 2.61. The van der Waals surface area contributed by atoms with E-state index in [4.69, 9.17) is 16.3 Å². The maximum atomic E-state index is 11.5. The Balaban J connectivity index is 1.63. The average molecular weight is 380 g/mol. The van der Waals surface area contributed by atoms with Crippen molar-refractivity contribution >= 4 is 11.6 Å². The van der Waals surface area contributed by atoms with Gasteiger partial charge in [0.2, 0.25) is 0 Å². The molecule has 0 atom stereocenters. The molecule has 0 aliphatic rings.